The van der Waals surface area contributed by atoms with Crippen LogP contribution in [0.15, 0.2) is 70.1 Å². The number of hydrogen-bond donors (Lipinski definition) is 0. The lowest BCUT2D eigenvalue weighted by atomic mass is 10.2. The van der Waals surface area contributed by atoms with Crippen molar-refractivity contribution in [1.82, 2.24) is 9.47 Å². The number of hydrogen-bond acceptors (Lipinski definition) is 3. The third-order valence-corrected chi connectivity index (χ3v) is 5.49. The van der Waals surface area contributed by atoms with Gasteiger partial charge in [-0.05, 0) is 30.3 Å². The molecule has 5 nitrogen and oxygen atoms in total. The second-order valence-electron chi connectivity index (χ2n) is 6.67. The molecule has 0 spiro atoms. The van der Waals surface area contributed by atoms with Crippen LogP contribution in [-0.4, -0.2) is 41.6 Å². The summed E-state index contributed by atoms with van der Waals surface area (Å²) < 4.78 is 2.71. The van der Waals surface area contributed by atoms with E-state index in [1.165, 1.54) is 11.8 Å². The van der Waals surface area contributed by atoms with Gasteiger partial charge in [-0.15, -0.1) is 0 Å². The minimum absolute atomic E-state index is 0.0357. The zero-order chi connectivity index (χ0) is 18.8. The van der Waals surface area contributed by atoms with Crippen LogP contribution in [0.5, 0.6) is 0 Å². The molecule has 2 heterocycles. The van der Waals surface area contributed by atoms with E-state index in [4.69, 9.17) is 0 Å². The van der Waals surface area contributed by atoms with Gasteiger partial charge in [0.05, 0.1) is 5.52 Å². The predicted octanol–water partition coefficient (Wildman–Crippen LogP) is 3.11. The van der Waals surface area contributed by atoms with Gasteiger partial charge in [0.25, 0.3) is 0 Å². The maximum atomic E-state index is 12.8. The maximum Gasteiger partial charge on any atom is 0.242 e. The summed E-state index contributed by atoms with van der Waals surface area (Å²) in [4.78, 5) is 29.1. The average Bonchev–Trinajstić information content (AvgIpc) is 2.71. The van der Waals surface area contributed by atoms with Gasteiger partial charge in [-0.1, -0.05) is 34.1 Å². The Hall–Kier alpha value is -2.60. The number of para-hydroxylation sites is 1. The lowest BCUT2D eigenvalue weighted by molar-refractivity contribution is -0.132. The molecule has 3 aromatic rings. The highest BCUT2D eigenvalue weighted by Gasteiger charge is 2.21. The van der Waals surface area contributed by atoms with Crippen molar-refractivity contribution in [3.8, 4) is 0 Å². The van der Waals surface area contributed by atoms with Crippen molar-refractivity contribution < 1.29 is 4.79 Å². The van der Waals surface area contributed by atoms with Crippen LogP contribution in [0.1, 0.15) is 0 Å². The number of carbonyl (C=O) groups excluding carboxylic acids is 1. The number of halogens is 1. The first-order valence-corrected chi connectivity index (χ1v) is 9.77. The van der Waals surface area contributed by atoms with Crippen molar-refractivity contribution in [3.05, 3.63) is 75.5 Å². The first kappa shape index (κ1) is 17.8. The van der Waals surface area contributed by atoms with E-state index in [1.54, 1.807) is 12.3 Å². The highest BCUT2D eigenvalue weighted by molar-refractivity contribution is 9.10. The Balaban J connectivity index is 1.47. The SMILES string of the molecule is O=C(Cn1ccc(=O)c2cc(Br)ccc21)N1CCN(c2ccccc2)CC1. The molecule has 0 bridgehead atoms. The second kappa shape index (κ2) is 7.56. The van der Waals surface area contributed by atoms with E-state index in [-0.39, 0.29) is 17.9 Å². The Morgan fingerprint density at radius 2 is 1.70 bits per heavy atom. The standard InChI is InChI=1S/C21H20BrN3O2/c22-16-6-7-19-18(14-16)20(26)8-9-25(19)15-21(27)24-12-10-23(11-13-24)17-4-2-1-3-5-17/h1-9,14H,10-13,15H2. The van der Waals surface area contributed by atoms with E-state index >= 15 is 0 Å². The number of pyridine rings is 1. The number of benzene rings is 2. The average molecular weight is 426 g/mol. The Bertz CT molecular complexity index is 1020. The number of anilines is 1. The molecule has 0 atom stereocenters. The van der Waals surface area contributed by atoms with E-state index in [0.717, 1.165) is 23.1 Å². The van der Waals surface area contributed by atoms with Gasteiger partial charge in [-0.2, -0.15) is 0 Å². The summed E-state index contributed by atoms with van der Waals surface area (Å²) in [7, 11) is 0. The number of aromatic nitrogens is 1. The summed E-state index contributed by atoms with van der Waals surface area (Å²) in [5, 5.41) is 0.619. The zero-order valence-electron chi connectivity index (χ0n) is 14.8. The minimum atomic E-state index is -0.0357. The highest BCUT2D eigenvalue weighted by Crippen LogP contribution is 2.18. The van der Waals surface area contributed by atoms with E-state index in [2.05, 4.69) is 33.0 Å². The first-order valence-electron chi connectivity index (χ1n) is 8.98. The van der Waals surface area contributed by atoms with Gasteiger partial charge < -0.3 is 14.4 Å². The fourth-order valence-electron chi connectivity index (χ4n) is 3.52. The third kappa shape index (κ3) is 3.76. The van der Waals surface area contributed by atoms with Crippen molar-refractivity contribution in [1.29, 1.82) is 0 Å². The predicted molar refractivity (Wildman–Crippen MR) is 111 cm³/mol. The summed E-state index contributed by atoms with van der Waals surface area (Å²) >= 11 is 3.40. The monoisotopic (exact) mass is 425 g/mol. The number of amides is 1. The molecule has 1 aliphatic heterocycles. The quantitative estimate of drug-likeness (QED) is 0.647. The number of fused-ring (bicyclic) bond motifs is 1. The lowest BCUT2D eigenvalue weighted by Crippen LogP contribution is -2.49. The van der Waals surface area contributed by atoms with Crippen LogP contribution in [0, 0.1) is 0 Å². The molecule has 0 aliphatic carbocycles. The molecule has 27 heavy (non-hydrogen) atoms. The van der Waals surface area contributed by atoms with Crippen LogP contribution in [0.3, 0.4) is 0 Å². The van der Waals surface area contributed by atoms with Crippen LogP contribution in [0.2, 0.25) is 0 Å². The Morgan fingerprint density at radius 1 is 0.963 bits per heavy atom. The third-order valence-electron chi connectivity index (χ3n) is 5.00. The molecular formula is C21H20BrN3O2. The Labute approximate surface area is 165 Å². The van der Waals surface area contributed by atoms with Crippen molar-refractivity contribution in [2.45, 2.75) is 6.54 Å². The molecule has 1 amide bonds. The molecule has 0 N–H and O–H groups in total. The number of carbonyl (C=O) groups is 1. The number of rotatable bonds is 3. The van der Waals surface area contributed by atoms with Crippen molar-refractivity contribution in [3.63, 3.8) is 0 Å². The molecule has 6 heteroatoms. The minimum Gasteiger partial charge on any atom is -0.368 e. The van der Waals surface area contributed by atoms with Crippen LogP contribution < -0.4 is 10.3 Å². The normalized spacial score (nSPS) is 14.6. The van der Waals surface area contributed by atoms with Crippen molar-refractivity contribution >= 4 is 38.4 Å². The summed E-state index contributed by atoms with van der Waals surface area (Å²) in [6.07, 6.45) is 1.71. The smallest absolute Gasteiger partial charge is 0.242 e. The van der Waals surface area contributed by atoms with Crippen LogP contribution in [-0.2, 0) is 11.3 Å². The Morgan fingerprint density at radius 3 is 2.44 bits per heavy atom. The molecule has 1 saturated heterocycles. The van der Waals surface area contributed by atoms with Crippen LogP contribution >= 0.6 is 15.9 Å². The van der Waals surface area contributed by atoms with Crippen LogP contribution in [0.25, 0.3) is 10.9 Å². The summed E-state index contributed by atoms with van der Waals surface area (Å²) in [5.41, 5.74) is 1.94. The zero-order valence-corrected chi connectivity index (χ0v) is 16.4. The van der Waals surface area contributed by atoms with Gasteiger partial charge >= 0.3 is 0 Å². The number of nitrogens with zero attached hydrogens (tertiary/aromatic N) is 3. The number of piperazine rings is 1. The van der Waals surface area contributed by atoms with E-state index in [1.807, 2.05) is 39.8 Å². The van der Waals surface area contributed by atoms with E-state index in [9.17, 15) is 9.59 Å². The maximum absolute atomic E-state index is 12.8. The lowest BCUT2D eigenvalue weighted by Gasteiger charge is -2.36. The van der Waals surface area contributed by atoms with Crippen molar-refractivity contribution in [2.24, 2.45) is 0 Å². The van der Waals surface area contributed by atoms with Gasteiger partial charge in [-0.3, -0.25) is 9.59 Å². The summed E-state index contributed by atoms with van der Waals surface area (Å²) in [5.74, 6) is 0.0792. The first-order chi connectivity index (χ1) is 13.1. The van der Waals surface area contributed by atoms with Crippen LogP contribution in [0.4, 0.5) is 5.69 Å². The van der Waals surface area contributed by atoms with Gasteiger partial charge in [0.2, 0.25) is 5.91 Å². The topological polar surface area (TPSA) is 45.6 Å². The van der Waals surface area contributed by atoms with Gasteiger partial charge in [-0.25, -0.2) is 0 Å². The largest absolute Gasteiger partial charge is 0.368 e. The second-order valence-corrected chi connectivity index (χ2v) is 7.59. The van der Waals surface area contributed by atoms with Gasteiger partial charge in [0.1, 0.15) is 6.54 Å². The summed E-state index contributed by atoms with van der Waals surface area (Å²) in [6, 6.07) is 17.4. The molecule has 0 unspecified atom stereocenters. The van der Waals surface area contributed by atoms with Gasteiger partial charge in [0.15, 0.2) is 5.43 Å². The van der Waals surface area contributed by atoms with Gasteiger partial charge in [0, 0.05) is 54.0 Å². The van der Waals surface area contributed by atoms with E-state index < -0.39 is 0 Å². The van der Waals surface area contributed by atoms with Crippen molar-refractivity contribution in [2.75, 3.05) is 31.1 Å². The van der Waals surface area contributed by atoms with E-state index in [0.29, 0.717) is 18.5 Å². The summed E-state index contributed by atoms with van der Waals surface area (Å²) in [6.45, 7) is 3.31. The highest BCUT2D eigenvalue weighted by atomic mass is 79.9. The molecule has 0 saturated carbocycles. The fourth-order valence-corrected chi connectivity index (χ4v) is 3.88. The molecule has 1 aromatic heterocycles. The molecule has 0 radical (unpaired) electrons. The molecule has 2 aromatic carbocycles. The molecule has 1 aliphatic rings. The molecule has 4 rings (SSSR count). The molecule has 138 valence electrons. The fraction of sp³-hybridized carbons (Fsp3) is 0.238. The molecular weight excluding hydrogens is 406 g/mol. The molecule has 1 fully saturated rings. The Kier molecular flexibility index (Phi) is 4.99.